The van der Waals surface area contributed by atoms with Gasteiger partial charge in [0.15, 0.2) is 0 Å². The zero-order valence-corrected chi connectivity index (χ0v) is 25.2. The Morgan fingerprint density at radius 2 is 1.81 bits per heavy atom. The summed E-state index contributed by atoms with van der Waals surface area (Å²) in [6, 6.07) is 14.7. The summed E-state index contributed by atoms with van der Waals surface area (Å²) in [7, 11) is 0. The molecule has 4 aromatic rings. The van der Waals surface area contributed by atoms with Gasteiger partial charge in [0.25, 0.3) is 5.89 Å². The molecular formula is C32H40N6O3S. The number of rotatable bonds is 10. The van der Waals surface area contributed by atoms with Crippen LogP contribution in [-0.4, -0.2) is 69.1 Å². The Bertz CT molecular complexity index is 1430. The van der Waals surface area contributed by atoms with Crippen molar-refractivity contribution in [3.8, 4) is 22.2 Å². The lowest BCUT2D eigenvalue weighted by molar-refractivity contribution is 0.0342. The fourth-order valence-corrected chi connectivity index (χ4v) is 6.82. The summed E-state index contributed by atoms with van der Waals surface area (Å²) in [6.07, 6.45) is 6.07. The number of hydrogen-bond donors (Lipinski definition) is 2. The van der Waals surface area contributed by atoms with Crippen molar-refractivity contribution < 1.29 is 14.4 Å². The Hall–Kier alpha value is -3.18. The number of hydrogen-bond acceptors (Lipinski definition) is 10. The van der Waals surface area contributed by atoms with Gasteiger partial charge in [-0.15, -0.1) is 11.3 Å². The van der Waals surface area contributed by atoms with E-state index >= 15 is 0 Å². The van der Waals surface area contributed by atoms with Crippen LogP contribution in [0.2, 0.25) is 0 Å². The number of thiazole rings is 1. The first kappa shape index (κ1) is 28.9. The van der Waals surface area contributed by atoms with E-state index in [4.69, 9.17) is 19.2 Å². The second-order valence-electron chi connectivity index (χ2n) is 11.6. The van der Waals surface area contributed by atoms with Crippen LogP contribution in [0.5, 0.6) is 0 Å². The van der Waals surface area contributed by atoms with Gasteiger partial charge in [-0.2, -0.15) is 4.98 Å². The molecule has 0 bridgehead atoms. The number of ether oxygens (including phenoxy) is 1. The van der Waals surface area contributed by atoms with Crippen molar-refractivity contribution in [2.45, 2.75) is 64.0 Å². The third kappa shape index (κ3) is 6.89. The van der Waals surface area contributed by atoms with E-state index in [9.17, 15) is 5.11 Å². The van der Waals surface area contributed by atoms with Crippen molar-refractivity contribution in [3.05, 3.63) is 64.9 Å². The van der Waals surface area contributed by atoms with E-state index in [-0.39, 0.29) is 11.8 Å². The van der Waals surface area contributed by atoms with Crippen LogP contribution >= 0.6 is 11.3 Å². The highest BCUT2D eigenvalue weighted by atomic mass is 32.1. The molecule has 1 aromatic carbocycles. The Kier molecular flexibility index (Phi) is 9.24. The van der Waals surface area contributed by atoms with Crippen LogP contribution in [0.3, 0.4) is 0 Å². The summed E-state index contributed by atoms with van der Waals surface area (Å²) < 4.78 is 11.2. The fourth-order valence-electron chi connectivity index (χ4n) is 5.82. The van der Waals surface area contributed by atoms with E-state index in [0.717, 1.165) is 85.5 Å². The average Bonchev–Trinajstić information content (AvgIpc) is 3.72. The number of nitrogens with one attached hydrogen (secondary N) is 1. The second kappa shape index (κ2) is 13.4. The molecule has 10 heteroatoms. The number of aliphatic hydroxyl groups excluding tert-OH is 1. The molecular weight excluding hydrogens is 548 g/mol. The highest BCUT2D eigenvalue weighted by Crippen LogP contribution is 2.37. The molecule has 1 aliphatic carbocycles. The Morgan fingerprint density at radius 1 is 1.02 bits per heavy atom. The molecule has 3 aromatic heterocycles. The predicted octanol–water partition coefficient (Wildman–Crippen LogP) is 5.96. The van der Waals surface area contributed by atoms with Gasteiger partial charge in [-0.3, -0.25) is 4.90 Å². The Labute approximate surface area is 251 Å². The number of aliphatic hydroxyl groups is 1. The predicted molar refractivity (Wildman–Crippen MR) is 164 cm³/mol. The fraction of sp³-hybridized carbons (Fsp3) is 0.500. The lowest BCUT2D eigenvalue weighted by Gasteiger charge is -2.30. The lowest BCUT2D eigenvalue weighted by atomic mass is 9.86. The molecule has 2 unspecified atom stereocenters. The Balaban J connectivity index is 1.20. The third-order valence-electron chi connectivity index (χ3n) is 8.67. The first-order valence-electron chi connectivity index (χ1n) is 15.1. The van der Waals surface area contributed by atoms with Gasteiger partial charge < -0.3 is 19.7 Å². The standard InChI is InChI=1S/C32H40N6O3S/c1-21(22(2)32-33-18-28(42-32)31-36-30(37-41-31)25-6-4-3-5-7-25)27-16-24(19-38-12-14-40-15-13-38)17-29(35-27)34-26-10-8-23(20-39)9-11-26/h3-7,16-18,21-23,26,39H,8-15,19-20H2,1-2H3,(H,34,35)/t21?,22?,23-,26-. The number of morpholine rings is 1. The number of anilines is 1. The minimum Gasteiger partial charge on any atom is -0.396 e. The molecule has 2 atom stereocenters. The number of aromatic nitrogens is 4. The number of benzene rings is 1. The molecule has 0 radical (unpaired) electrons. The van der Waals surface area contributed by atoms with Gasteiger partial charge in [0, 0.05) is 55.4 Å². The minimum absolute atomic E-state index is 0.152. The van der Waals surface area contributed by atoms with Crippen LogP contribution in [0.15, 0.2) is 53.2 Å². The van der Waals surface area contributed by atoms with Crippen LogP contribution in [0.1, 0.15) is 67.6 Å². The largest absolute Gasteiger partial charge is 0.396 e. The lowest BCUT2D eigenvalue weighted by Crippen LogP contribution is -2.35. The Morgan fingerprint density at radius 3 is 2.57 bits per heavy atom. The summed E-state index contributed by atoms with van der Waals surface area (Å²) >= 11 is 1.60. The van der Waals surface area contributed by atoms with E-state index in [1.807, 2.05) is 36.5 Å². The maximum Gasteiger partial charge on any atom is 0.269 e. The molecule has 222 valence electrons. The van der Waals surface area contributed by atoms with E-state index in [0.29, 0.717) is 30.3 Å². The summed E-state index contributed by atoms with van der Waals surface area (Å²) in [6.45, 7) is 9.09. The van der Waals surface area contributed by atoms with Gasteiger partial charge in [-0.05, 0) is 49.3 Å². The quantitative estimate of drug-likeness (QED) is 0.232. The molecule has 1 saturated carbocycles. The van der Waals surface area contributed by atoms with Crippen molar-refractivity contribution in [2.24, 2.45) is 5.92 Å². The number of nitrogens with zero attached hydrogens (tertiary/aromatic N) is 5. The third-order valence-corrected chi connectivity index (χ3v) is 9.86. The molecule has 0 spiro atoms. The number of pyridine rings is 1. The topological polar surface area (TPSA) is 109 Å². The van der Waals surface area contributed by atoms with Crippen molar-refractivity contribution >= 4 is 17.2 Å². The van der Waals surface area contributed by atoms with Crippen LogP contribution in [-0.2, 0) is 11.3 Å². The van der Waals surface area contributed by atoms with E-state index in [1.54, 1.807) is 11.3 Å². The van der Waals surface area contributed by atoms with Gasteiger partial charge >= 0.3 is 0 Å². The first-order valence-corrected chi connectivity index (χ1v) is 15.9. The average molecular weight is 589 g/mol. The van der Waals surface area contributed by atoms with Crippen LogP contribution < -0.4 is 5.32 Å². The summed E-state index contributed by atoms with van der Waals surface area (Å²) in [5, 5.41) is 18.5. The zero-order valence-electron chi connectivity index (χ0n) is 24.4. The molecule has 2 fully saturated rings. The van der Waals surface area contributed by atoms with Crippen molar-refractivity contribution in [1.82, 2.24) is 25.0 Å². The molecule has 2 N–H and O–H groups in total. The smallest absolute Gasteiger partial charge is 0.269 e. The molecule has 4 heterocycles. The molecule has 1 aliphatic heterocycles. The van der Waals surface area contributed by atoms with E-state index in [2.05, 4.69) is 46.3 Å². The summed E-state index contributed by atoms with van der Waals surface area (Å²) in [5.41, 5.74) is 3.26. The highest BCUT2D eigenvalue weighted by molar-refractivity contribution is 7.15. The summed E-state index contributed by atoms with van der Waals surface area (Å²) in [5.74, 6) is 2.75. The molecule has 1 saturated heterocycles. The molecule has 9 nitrogen and oxygen atoms in total. The monoisotopic (exact) mass is 588 g/mol. The van der Waals surface area contributed by atoms with Gasteiger partial charge in [0.2, 0.25) is 5.82 Å². The summed E-state index contributed by atoms with van der Waals surface area (Å²) in [4.78, 5) is 17.9. The highest BCUT2D eigenvalue weighted by Gasteiger charge is 2.25. The first-order chi connectivity index (χ1) is 20.6. The molecule has 42 heavy (non-hydrogen) atoms. The molecule has 2 aliphatic rings. The van der Waals surface area contributed by atoms with E-state index in [1.165, 1.54) is 5.56 Å². The van der Waals surface area contributed by atoms with Crippen LogP contribution in [0.25, 0.3) is 22.2 Å². The van der Waals surface area contributed by atoms with Crippen molar-refractivity contribution in [1.29, 1.82) is 0 Å². The molecule has 0 amide bonds. The second-order valence-corrected chi connectivity index (χ2v) is 12.7. The van der Waals surface area contributed by atoms with Crippen molar-refractivity contribution in [3.63, 3.8) is 0 Å². The maximum absolute atomic E-state index is 9.55. The minimum atomic E-state index is 0.152. The van der Waals surface area contributed by atoms with Crippen molar-refractivity contribution in [2.75, 3.05) is 38.2 Å². The molecule has 6 rings (SSSR count). The van der Waals surface area contributed by atoms with Gasteiger partial charge in [0.1, 0.15) is 10.7 Å². The van der Waals surface area contributed by atoms with Gasteiger partial charge in [0.05, 0.1) is 24.4 Å². The van der Waals surface area contributed by atoms with Gasteiger partial charge in [-0.1, -0.05) is 49.3 Å². The zero-order chi connectivity index (χ0) is 28.9. The SMILES string of the molecule is CC(c1cc(CN2CCOCC2)cc(N[C@H]2CC[C@H](CO)CC2)n1)C(C)c1ncc(-c2nc(-c3ccccc3)no2)s1. The van der Waals surface area contributed by atoms with Gasteiger partial charge in [-0.25, -0.2) is 9.97 Å². The maximum atomic E-state index is 9.55. The van der Waals surface area contributed by atoms with Crippen LogP contribution in [0, 0.1) is 5.92 Å². The van der Waals surface area contributed by atoms with Crippen LogP contribution in [0.4, 0.5) is 5.82 Å². The van der Waals surface area contributed by atoms with E-state index < -0.39 is 0 Å². The normalized spacial score (nSPS) is 21.2.